The number of ether oxygens (including phenoxy) is 1. The number of fused-ring (bicyclic) bond motifs is 1. The van der Waals surface area contributed by atoms with Crippen molar-refractivity contribution in [2.24, 2.45) is 17.8 Å². The molecule has 0 heterocycles. The van der Waals surface area contributed by atoms with Gasteiger partial charge in [0.25, 0.3) is 0 Å². The van der Waals surface area contributed by atoms with Crippen LogP contribution in [0.3, 0.4) is 0 Å². The molecule has 3 N–H and O–H groups in total. The van der Waals surface area contributed by atoms with E-state index < -0.39 is 0 Å². The number of nitrogen functional groups attached to an aromatic ring is 1. The van der Waals surface area contributed by atoms with Crippen LogP contribution in [-0.4, -0.2) is 13.0 Å². The third kappa shape index (κ3) is 2.27. The lowest BCUT2D eigenvalue weighted by atomic mass is 10.1. The van der Waals surface area contributed by atoms with Gasteiger partial charge in [-0.1, -0.05) is 12.5 Å². The highest BCUT2D eigenvalue weighted by Crippen LogP contribution is 2.57. The Kier molecular flexibility index (Phi) is 3.09. The zero-order valence-corrected chi connectivity index (χ0v) is 11.2. The smallest absolute Gasteiger partial charge is 0.223 e. The van der Waals surface area contributed by atoms with Crippen LogP contribution in [0, 0.1) is 17.8 Å². The molecule has 2 aliphatic carbocycles. The van der Waals surface area contributed by atoms with Gasteiger partial charge < -0.3 is 15.8 Å². The van der Waals surface area contributed by atoms with Crippen molar-refractivity contribution in [1.82, 2.24) is 5.32 Å². The van der Waals surface area contributed by atoms with E-state index in [1.165, 1.54) is 19.3 Å². The summed E-state index contributed by atoms with van der Waals surface area (Å²) >= 11 is 0. The van der Waals surface area contributed by atoms with Gasteiger partial charge in [-0.15, -0.1) is 0 Å². The van der Waals surface area contributed by atoms with E-state index in [0.717, 1.165) is 5.56 Å². The SMILES string of the molecule is COc1ccc(CNC(=O)C2C3CCCC32)cc1N. The van der Waals surface area contributed by atoms with Crippen molar-refractivity contribution in [2.45, 2.75) is 25.8 Å². The number of anilines is 1. The summed E-state index contributed by atoms with van der Waals surface area (Å²) in [6, 6.07) is 5.62. The van der Waals surface area contributed by atoms with Crippen LogP contribution in [-0.2, 0) is 11.3 Å². The van der Waals surface area contributed by atoms with Gasteiger partial charge in [0.15, 0.2) is 0 Å². The van der Waals surface area contributed by atoms with Crippen LogP contribution >= 0.6 is 0 Å². The predicted molar refractivity (Wildman–Crippen MR) is 73.6 cm³/mol. The Morgan fingerprint density at radius 3 is 2.79 bits per heavy atom. The summed E-state index contributed by atoms with van der Waals surface area (Å²) < 4.78 is 5.11. The summed E-state index contributed by atoms with van der Waals surface area (Å²) in [5.41, 5.74) is 7.47. The van der Waals surface area contributed by atoms with Crippen molar-refractivity contribution >= 4 is 11.6 Å². The van der Waals surface area contributed by atoms with Crippen molar-refractivity contribution in [2.75, 3.05) is 12.8 Å². The minimum atomic E-state index is 0.212. The molecule has 2 fully saturated rings. The second kappa shape index (κ2) is 4.76. The maximum atomic E-state index is 12.0. The van der Waals surface area contributed by atoms with E-state index in [1.807, 2.05) is 18.2 Å². The molecule has 1 aromatic carbocycles. The minimum absolute atomic E-state index is 0.212. The van der Waals surface area contributed by atoms with Crippen LogP contribution in [0.5, 0.6) is 5.75 Å². The Labute approximate surface area is 113 Å². The number of amides is 1. The van der Waals surface area contributed by atoms with E-state index in [1.54, 1.807) is 7.11 Å². The Hall–Kier alpha value is -1.71. The second-order valence-corrected chi connectivity index (χ2v) is 5.58. The monoisotopic (exact) mass is 260 g/mol. The number of carbonyl (C=O) groups is 1. The number of hydrogen-bond donors (Lipinski definition) is 2. The van der Waals surface area contributed by atoms with Gasteiger partial charge >= 0.3 is 0 Å². The fourth-order valence-electron chi connectivity index (χ4n) is 3.41. The van der Waals surface area contributed by atoms with Crippen LogP contribution in [0.15, 0.2) is 18.2 Å². The number of hydrogen-bond acceptors (Lipinski definition) is 3. The summed E-state index contributed by atoms with van der Waals surface area (Å²) in [6.45, 7) is 0.545. The van der Waals surface area contributed by atoms with Gasteiger partial charge in [-0.05, 0) is 42.4 Å². The summed E-state index contributed by atoms with van der Waals surface area (Å²) in [4.78, 5) is 12.0. The minimum Gasteiger partial charge on any atom is -0.495 e. The Morgan fingerprint density at radius 1 is 1.42 bits per heavy atom. The van der Waals surface area contributed by atoms with Gasteiger partial charge in [-0.3, -0.25) is 4.79 Å². The molecule has 2 aliphatic rings. The van der Waals surface area contributed by atoms with Crippen LogP contribution in [0.1, 0.15) is 24.8 Å². The Bertz CT molecular complexity index is 491. The molecule has 0 bridgehead atoms. The highest BCUT2D eigenvalue weighted by Gasteiger charge is 2.56. The highest BCUT2D eigenvalue weighted by atomic mass is 16.5. The summed E-state index contributed by atoms with van der Waals surface area (Å²) in [7, 11) is 1.60. The zero-order chi connectivity index (χ0) is 13.4. The number of rotatable bonds is 4. The van der Waals surface area contributed by atoms with Crippen molar-refractivity contribution in [3.63, 3.8) is 0 Å². The summed E-state index contributed by atoms with van der Waals surface area (Å²) in [6.07, 6.45) is 3.77. The normalized spacial score (nSPS) is 27.7. The number of methoxy groups -OCH3 is 1. The first-order valence-electron chi connectivity index (χ1n) is 6.91. The van der Waals surface area contributed by atoms with E-state index in [-0.39, 0.29) is 11.8 Å². The molecule has 3 rings (SSSR count). The molecule has 4 heteroatoms. The molecule has 2 atom stereocenters. The van der Waals surface area contributed by atoms with Crippen molar-refractivity contribution in [1.29, 1.82) is 0 Å². The van der Waals surface area contributed by atoms with Gasteiger partial charge in [-0.25, -0.2) is 0 Å². The molecular formula is C15H20N2O2. The molecule has 19 heavy (non-hydrogen) atoms. The molecular weight excluding hydrogens is 240 g/mol. The topological polar surface area (TPSA) is 64.3 Å². The van der Waals surface area contributed by atoms with E-state index >= 15 is 0 Å². The first-order valence-corrected chi connectivity index (χ1v) is 6.91. The first-order chi connectivity index (χ1) is 9.20. The molecule has 0 aliphatic heterocycles. The molecule has 0 spiro atoms. The zero-order valence-electron chi connectivity index (χ0n) is 11.2. The maximum absolute atomic E-state index is 12.0. The lowest BCUT2D eigenvalue weighted by Gasteiger charge is -2.09. The quantitative estimate of drug-likeness (QED) is 0.813. The van der Waals surface area contributed by atoms with E-state index in [9.17, 15) is 4.79 Å². The Morgan fingerprint density at radius 2 is 2.16 bits per heavy atom. The number of nitrogens with one attached hydrogen (secondary N) is 1. The molecule has 102 valence electrons. The largest absolute Gasteiger partial charge is 0.495 e. The van der Waals surface area contributed by atoms with Gasteiger partial charge in [0.2, 0.25) is 5.91 Å². The van der Waals surface area contributed by atoms with Crippen LogP contribution in [0.4, 0.5) is 5.69 Å². The first kappa shape index (κ1) is 12.3. The standard InChI is InChI=1S/C15H20N2O2/c1-19-13-6-5-9(7-12(13)16)8-17-15(18)14-10-3-2-4-11(10)14/h5-7,10-11,14H,2-4,8,16H2,1H3,(H,17,18). The van der Waals surface area contributed by atoms with Crippen LogP contribution < -0.4 is 15.8 Å². The molecule has 2 unspecified atom stereocenters. The summed E-state index contributed by atoms with van der Waals surface area (Å²) in [5, 5.41) is 3.02. The maximum Gasteiger partial charge on any atom is 0.223 e. The Balaban J connectivity index is 1.55. The molecule has 0 aromatic heterocycles. The lowest BCUT2D eigenvalue weighted by molar-refractivity contribution is -0.123. The van der Waals surface area contributed by atoms with Gasteiger partial charge in [0.05, 0.1) is 12.8 Å². The van der Waals surface area contributed by atoms with E-state index in [0.29, 0.717) is 29.8 Å². The molecule has 1 aromatic rings. The number of carbonyl (C=O) groups excluding carboxylic acids is 1. The third-order valence-electron chi connectivity index (χ3n) is 4.47. The average molecular weight is 260 g/mol. The lowest BCUT2D eigenvalue weighted by Crippen LogP contribution is -2.26. The second-order valence-electron chi connectivity index (χ2n) is 5.58. The fraction of sp³-hybridized carbons (Fsp3) is 0.533. The van der Waals surface area contributed by atoms with Crippen molar-refractivity contribution < 1.29 is 9.53 Å². The van der Waals surface area contributed by atoms with E-state index in [2.05, 4.69) is 5.32 Å². The van der Waals surface area contributed by atoms with Crippen LogP contribution in [0.25, 0.3) is 0 Å². The van der Waals surface area contributed by atoms with E-state index in [4.69, 9.17) is 10.5 Å². The molecule has 1 amide bonds. The third-order valence-corrected chi connectivity index (χ3v) is 4.47. The van der Waals surface area contributed by atoms with Gasteiger partial charge in [-0.2, -0.15) is 0 Å². The van der Waals surface area contributed by atoms with Crippen molar-refractivity contribution in [3.05, 3.63) is 23.8 Å². The molecule has 2 saturated carbocycles. The van der Waals surface area contributed by atoms with Gasteiger partial charge in [0.1, 0.15) is 5.75 Å². The fourth-order valence-corrected chi connectivity index (χ4v) is 3.41. The number of benzene rings is 1. The molecule has 4 nitrogen and oxygen atoms in total. The van der Waals surface area contributed by atoms with Crippen LogP contribution in [0.2, 0.25) is 0 Å². The van der Waals surface area contributed by atoms with Crippen molar-refractivity contribution in [3.8, 4) is 5.75 Å². The predicted octanol–water partition coefficient (Wildman–Crippen LogP) is 1.94. The molecule has 0 saturated heterocycles. The van der Waals surface area contributed by atoms with Gasteiger partial charge in [0, 0.05) is 12.5 Å². The molecule has 0 radical (unpaired) electrons. The average Bonchev–Trinajstić information content (AvgIpc) is 2.89. The summed E-state index contributed by atoms with van der Waals surface area (Å²) in [5.74, 6) is 2.50. The number of nitrogens with two attached hydrogens (primary N) is 1. The highest BCUT2D eigenvalue weighted by molar-refractivity contribution is 5.82.